The zero-order valence-electron chi connectivity index (χ0n) is 15.5. The average molecular weight is 417 g/mol. The molecule has 0 unspecified atom stereocenters. The molecule has 0 spiro atoms. The predicted molar refractivity (Wildman–Crippen MR) is 101 cm³/mol. The summed E-state index contributed by atoms with van der Waals surface area (Å²) in [4.78, 5) is 12.1. The summed E-state index contributed by atoms with van der Waals surface area (Å²) in [6.07, 6.45) is -4.60. The molecule has 0 aliphatic rings. The molecule has 0 aliphatic heterocycles. The molecule has 0 fully saturated rings. The van der Waals surface area contributed by atoms with Crippen LogP contribution in [0.25, 0.3) is 0 Å². The SMILES string of the molecule is COc1ccc([C@H](C)NCC(=O)Nc2ccc(Cl)c(C(F)(F)F)c2)cc1OC. The van der Waals surface area contributed by atoms with Gasteiger partial charge in [-0.3, -0.25) is 4.79 Å². The molecule has 0 saturated carbocycles. The fourth-order valence-corrected chi connectivity index (χ4v) is 2.74. The number of ether oxygens (including phenoxy) is 2. The van der Waals surface area contributed by atoms with Gasteiger partial charge < -0.3 is 20.1 Å². The molecule has 0 aliphatic carbocycles. The molecule has 0 saturated heterocycles. The molecule has 0 aromatic heterocycles. The van der Waals surface area contributed by atoms with Gasteiger partial charge in [-0.25, -0.2) is 0 Å². The van der Waals surface area contributed by atoms with Crippen molar-refractivity contribution in [1.29, 1.82) is 0 Å². The van der Waals surface area contributed by atoms with Crippen molar-refractivity contribution in [3.8, 4) is 11.5 Å². The monoisotopic (exact) mass is 416 g/mol. The number of rotatable bonds is 7. The van der Waals surface area contributed by atoms with Crippen LogP contribution in [-0.2, 0) is 11.0 Å². The van der Waals surface area contributed by atoms with Crippen LogP contribution in [0.1, 0.15) is 24.1 Å². The van der Waals surface area contributed by atoms with Crippen molar-refractivity contribution in [2.45, 2.75) is 19.1 Å². The Balaban J connectivity index is 1.99. The van der Waals surface area contributed by atoms with Gasteiger partial charge in [0, 0.05) is 11.7 Å². The number of carbonyl (C=O) groups excluding carboxylic acids is 1. The molecule has 1 atom stereocenters. The van der Waals surface area contributed by atoms with E-state index in [4.69, 9.17) is 21.1 Å². The molecule has 28 heavy (non-hydrogen) atoms. The Labute approximate surface area is 165 Å². The first kappa shape index (κ1) is 21.8. The minimum absolute atomic E-state index is 0.0160. The van der Waals surface area contributed by atoms with Crippen molar-refractivity contribution in [1.82, 2.24) is 5.32 Å². The highest BCUT2D eigenvalue weighted by molar-refractivity contribution is 6.31. The molecule has 2 rings (SSSR count). The number of hydrogen-bond acceptors (Lipinski definition) is 4. The van der Waals surface area contributed by atoms with E-state index < -0.39 is 22.7 Å². The van der Waals surface area contributed by atoms with Gasteiger partial charge in [-0.05, 0) is 42.8 Å². The Morgan fingerprint density at radius 2 is 1.79 bits per heavy atom. The summed E-state index contributed by atoms with van der Waals surface area (Å²) in [6.45, 7) is 1.75. The number of carbonyl (C=O) groups is 1. The Bertz CT molecular complexity index is 844. The Hall–Kier alpha value is -2.45. The van der Waals surface area contributed by atoms with Crippen molar-refractivity contribution in [2.24, 2.45) is 0 Å². The maximum atomic E-state index is 12.9. The van der Waals surface area contributed by atoms with Gasteiger partial charge in [0.2, 0.25) is 5.91 Å². The van der Waals surface area contributed by atoms with Crippen molar-refractivity contribution in [2.75, 3.05) is 26.1 Å². The van der Waals surface area contributed by atoms with Gasteiger partial charge >= 0.3 is 6.18 Å². The quantitative estimate of drug-likeness (QED) is 0.689. The van der Waals surface area contributed by atoms with Crippen LogP contribution in [0.4, 0.5) is 18.9 Å². The molecule has 0 bridgehead atoms. The van der Waals surface area contributed by atoms with E-state index in [9.17, 15) is 18.0 Å². The molecule has 152 valence electrons. The molecule has 1 amide bonds. The lowest BCUT2D eigenvalue weighted by Gasteiger charge is -2.17. The summed E-state index contributed by atoms with van der Waals surface area (Å²) < 4.78 is 49.1. The number of benzene rings is 2. The first-order valence-electron chi connectivity index (χ1n) is 8.27. The standard InChI is InChI=1S/C19H20ClF3N2O3/c1-11(12-4-7-16(27-2)17(8-12)28-3)24-10-18(26)25-13-5-6-15(20)14(9-13)19(21,22)23/h4-9,11,24H,10H2,1-3H3,(H,25,26)/t11-/m0/s1. The smallest absolute Gasteiger partial charge is 0.417 e. The predicted octanol–water partition coefficient (Wildman–Crippen LogP) is 4.67. The fraction of sp³-hybridized carbons (Fsp3) is 0.316. The zero-order chi connectivity index (χ0) is 20.9. The van der Waals surface area contributed by atoms with Gasteiger partial charge in [-0.15, -0.1) is 0 Å². The third-order valence-electron chi connectivity index (χ3n) is 4.03. The fourth-order valence-electron chi connectivity index (χ4n) is 2.51. The van der Waals surface area contributed by atoms with Crippen molar-refractivity contribution >= 4 is 23.2 Å². The van der Waals surface area contributed by atoms with Crippen molar-refractivity contribution < 1.29 is 27.4 Å². The van der Waals surface area contributed by atoms with Crippen LogP contribution in [0.2, 0.25) is 5.02 Å². The molecule has 9 heteroatoms. The van der Waals surface area contributed by atoms with Crippen molar-refractivity contribution in [3.05, 3.63) is 52.5 Å². The normalized spacial score (nSPS) is 12.4. The van der Waals surface area contributed by atoms with Gasteiger partial charge in [-0.1, -0.05) is 17.7 Å². The average Bonchev–Trinajstić information content (AvgIpc) is 2.66. The summed E-state index contributed by atoms with van der Waals surface area (Å²) in [5.74, 6) is 0.654. The van der Waals surface area contributed by atoms with E-state index >= 15 is 0 Å². The second-order valence-electron chi connectivity index (χ2n) is 5.96. The number of amides is 1. The minimum Gasteiger partial charge on any atom is -0.493 e. The first-order valence-corrected chi connectivity index (χ1v) is 8.65. The molecule has 0 heterocycles. The van der Waals surface area contributed by atoms with Gasteiger partial charge in [0.1, 0.15) is 0 Å². The van der Waals surface area contributed by atoms with Crippen LogP contribution < -0.4 is 20.1 Å². The number of alkyl halides is 3. The second kappa shape index (κ2) is 9.16. The first-order chi connectivity index (χ1) is 13.2. The van der Waals surface area contributed by atoms with Gasteiger partial charge in [0.05, 0.1) is 31.4 Å². The summed E-state index contributed by atoms with van der Waals surface area (Å²) >= 11 is 5.57. The Morgan fingerprint density at radius 3 is 2.39 bits per heavy atom. The summed E-state index contributed by atoms with van der Waals surface area (Å²) in [6, 6.07) is 8.36. The molecular formula is C19H20ClF3N2O3. The third kappa shape index (κ3) is 5.53. The van der Waals surface area contributed by atoms with Gasteiger partial charge in [0.25, 0.3) is 0 Å². The number of nitrogens with one attached hydrogen (secondary N) is 2. The summed E-state index contributed by atoms with van der Waals surface area (Å²) in [5, 5.41) is 5.01. The van der Waals surface area contributed by atoms with E-state index in [2.05, 4.69) is 10.6 Å². The maximum Gasteiger partial charge on any atom is 0.417 e. The third-order valence-corrected chi connectivity index (χ3v) is 4.36. The van der Waals surface area contributed by atoms with Crippen LogP contribution in [0, 0.1) is 0 Å². The van der Waals surface area contributed by atoms with E-state index in [1.54, 1.807) is 12.1 Å². The highest BCUT2D eigenvalue weighted by atomic mass is 35.5. The maximum absolute atomic E-state index is 12.9. The number of anilines is 1. The number of hydrogen-bond donors (Lipinski definition) is 2. The molecule has 2 N–H and O–H groups in total. The molecular weight excluding hydrogens is 397 g/mol. The second-order valence-corrected chi connectivity index (χ2v) is 6.36. The van der Waals surface area contributed by atoms with Gasteiger partial charge in [-0.2, -0.15) is 13.2 Å². The van der Waals surface area contributed by atoms with Crippen molar-refractivity contribution in [3.63, 3.8) is 0 Å². The lowest BCUT2D eigenvalue weighted by Crippen LogP contribution is -2.30. The Kier molecular flexibility index (Phi) is 7.15. The number of methoxy groups -OCH3 is 2. The lowest BCUT2D eigenvalue weighted by atomic mass is 10.1. The van der Waals surface area contributed by atoms with E-state index in [0.29, 0.717) is 11.5 Å². The summed E-state index contributed by atoms with van der Waals surface area (Å²) in [5.41, 5.74) is -0.128. The van der Waals surface area contributed by atoms with Crippen LogP contribution in [-0.4, -0.2) is 26.7 Å². The molecule has 5 nitrogen and oxygen atoms in total. The van der Waals surface area contributed by atoms with Gasteiger partial charge in [0.15, 0.2) is 11.5 Å². The largest absolute Gasteiger partial charge is 0.493 e. The topological polar surface area (TPSA) is 59.6 Å². The van der Waals surface area contributed by atoms with E-state index in [-0.39, 0.29) is 18.3 Å². The van der Waals surface area contributed by atoms with Crippen LogP contribution in [0.15, 0.2) is 36.4 Å². The van der Waals surface area contributed by atoms with Crippen LogP contribution in [0.5, 0.6) is 11.5 Å². The molecule has 0 radical (unpaired) electrons. The van der Waals surface area contributed by atoms with Crippen LogP contribution in [0.3, 0.4) is 0 Å². The number of halogens is 4. The highest BCUT2D eigenvalue weighted by Crippen LogP contribution is 2.36. The van der Waals surface area contributed by atoms with E-state index in [0.717, 1.165) is 17.7 Å². The van der Waals surface area contributed by atoms with E-state index in [1.165, 1.54) is 20.3 Å². The highest BCUT2D eigenvalue weighted by Gasteiger charge is 2.33. The lowest BCUT2D eigenvalue weighted by molar-refractivity contribution is -0.137. The minimum atomic E-state index is -4.60. The zero-order valence-corrected chi connectivity index (χ0v) is 16.2. The van der Waals surface area contributed by atoms with E-state index in [1.807, 2.05) is 13.0 Å². The molecule has 2 aromatic carbocycles. The van der Waals surface area contributed by atoms with Crippen LogP contribution >= 0.6 is 11.6 Å². The Morgan fingerprint density at radius 1 is 1.11 bits per heavy atom. The summed E-state index contributed by atoms with van der Waals surface area (Å²) in [7, 11) is 3.05. The molecule has 2 aromatic rings.